The largest absolute Gasteiger partial charge is 0.479 e. The van der Waals surface area contributed by atoms with Crippen LogP contribution in [0.1, 0.15) is 53.4 Å². The molecule has 1 saturated heterocycles. The number of aliphatic carboxylic acids is 1. The lowest BCUT2D eigenvalue weighted by atomic mass is 9.84. The molecule has 3 heterocycles. The Kier molecular flexibility index (Phi) is 4.82. The maximum absolute atomic E-state index is 12.7. The SMILES string of the molecule is CCC1(C(=O)O)CCCCN1c1ccc2c(n1)n(C)c(=O)n2CC(C)(C)C. The normalized spacial score (nSPS) is 21.0. The summed E-state index contributed by atoms with van der Waals surface area (Å²) in [5, 5.41) is 9.94. The molecule has 0 saturated carbocycles. The summed E-state index contributed by atoms with van der Waals surface area (Å²) in [6.45, 7) is 9.46. The van der Waals surface area contributed by atoms with Crippen LogP contribution in [0, 0.1) is 5.41 Å². The highest BCUT2D eigenvalue weighted by Crippen LogP contribution is 2.35. The number of aryl methyl sites for hydroxylation is 1. The minimum Gasteiger partial charge on any atom is -0.479 e. The molecule has 148 valence electrons. The van der Waals surface area contributed by atoms with Crippen molar-refractivity contribution in [3.63, 3.8) is 0 Å². The molecule has 1 fully saturated rings. The molecule has 0 spiro atoms. The second-order valence-corrected chi connectivity index (χ2v) is 8.80. The van der Waals surface area contributed by atoms with E-state index in [1.165, 1.54) is 0 Å². The van der Waals surface area contributed by atoms with Crippen molar-refractivity contribution in [2.24, 2.45) is 12.5 Å². The van der Waals surface area contributed by atoms with E-state index in [2.05, 4.69) is 20.8 Å². The first kappa shape index (κ1) is 19.5. The Bertz CT molecular complexity index is 922. The number of piperidine rings is 1. The van der Waals surface area contributed by atoms with E-state index in [1.54, 1.807) is 16.2 Å². The molecule has 27 heavy (non-hydrogen) atoms. The van der Waals surface area contributed by atoms with Crippen LogP contribution >= 0.6 is 0 Å². The van der Waals surface area contributed by atoms with Gasteiger partial charge in [-0.3, -0.25) is 9.13 Å². The van der Waals surface area contributed by atoms with Gasteiger partial charge in [0.2, 0.25) is 0 Å². The van der Waals surface area contributed by atoms with Crippen molar-refractivity contribution in [2.75, 3.05) is 11.4 Å². The molecule has 1 aliphatic rings. The first-order chi connectivity index (χ1) is 12.6. The second-order valence-electron chi connectivity index (χ2n) is 8.80. The van der Waals surface area contributed by atoms with Gasteiger partial charge in [0.1, 0.15) is 11.4 Å². The molecule has 1 unspecified atom stereocenters. The number of carbonyl (C=O) groups is 1. The van der Waals surface area contributed by atoms with Crippen LogP contribution in [0.3, 0.4) is 0 Å². The number of carboxylic acids is 1. The highest BCUT2D eigenvalue weighted by atomic mass is 16.4. The predicted octanol–water partition coefficient (Wildman–Crippen LogP) is 3.00. The zero-order chi connectivity index (χ0) is 20.0. The lowest BCUT2D eigenvalue weighted by molar-refractivity contribution is -0.144. The van der Waals surface area contributed by atoms with Crippen LogP contribution in [0.25, 0.3) is 11.2 Å². The van der Waals surface area contributed by atoms with E-state index in [-0.39, 0.29) is 11.1 Å². The Morgan fingerprint density at radius 1 is 1.30 bits per heavy atom. The number of hydrogen-bond donors (Lipinski definition) is 1. The molecule has 3 rings (SSSR count). The van der Waals surface area contributed by atoms with Crippen LogP contribution in [-0.2, 0) is 18.4 Å². The third-order valence-corrected chi connectivity index (χ3v) is 5.60. The van der Waals surface area contributed by atoms with E-state index >= 15 is 0 Å². The average molecular weight is 374 g/mol. The third-order valence-electron chi connectivity index (χ3n) is 5.60. The Hall–Kier alpha value is -2.31. The topological polar surface area (TPSA) is 80.4 Å². The fourth-order valence-corrected chi connectivity index (χ4v) is 4.15. The molecular weight excluding hydrogens is 344 g/mol. The minimum atomic E-state index is -0.925. The molecule has 0 aromatic carbocycles. The number of fused-ring (bicyclic) bond motifs is 1. The lowest BCUT2D eigenvalue weighted by Gasteiger charge is -2.44. The number of aromatic nitrogens is 3. The minimum absolute atomic E-state index is 0.0374. The van der Waals surface area contributed by atoms with E-state index in [0.717, 1.165) is 18.4 Å². The highest BCUT2D eigenvalue weighted by molar-refractivity contribution is 5.84. The number of rotatable bonds is 4. The molecule has 0 amide bonds. The first-order valence-electron chi connectivity index (χ1n) is 9.68. The zero-order valence-corrected chi connectivity index (χ0v) is 16.9. The van der Waals surface area contributed by atoms with Crippen molar-refractivity contribution in [1.82, 2.24) is 14.1 Å². The molecule has 7 nitrogen and oxygen atoms in total. The van der Waals surface area contributed by atoms with Crippen molar-refractivity contribution in [3.05, 3.63) is 22.6 Å². The zero-order valence-electron chi connectivity index (χ0n) is 16.9. The van der Waals surface area contributed by atoms with E-state index in [9.17, 15) is 14.7 Å². The van der Waals surface area contributed by atoms with E-state index in [1.807, 2.05) is 24.0 Å². The Morgan fingerprint density at radius 3 is 2.59 bits per heavy atom. The quantitative estimate of drug-likeness (QED) is 0.890. The molecule has 1 aliphatic heterocycles. The summed E-state index contributed by atoms with van der Waals surface area (Å²) in [6.07, 6.45) is 2.98. The van der Waals surface area contributed by atoms with Gasteiger partial charge in [-0.05, 0) is 43.2 Å². The number of nitrogens with zero attached hydrogens (tertiary/aromatic N) is 4. The van der Waals surface area contributed by atoms with Crippen molar-refractivity contribution in [2.45, 2.75) is 65.5 Å². The highest BCUT2D eigenvalue weighted by Gasteiger charge is 2.45. The summed E-state index contributed by atoms with van der Waals surface area (Å²) in [6, 6.07) is 3.77. The van der Waals surface area contributed by atoms with E-state index in [4.69, 9.17) is 4.98 Å². The fourth-order valence-electron chi connectivity index (χ4n) is 4.15. The number of imidazole rings is 1. The van der Waals surface area contributed by atoms with E-state index in [0.29, 0.717) is 37.4 Å². The number of carboxylic acid groups (broad SMARTS) is 1. The summed E-state index contributed by atoms with van der Waals surface area (Å²) in [5.74, 6) is -0.166. The van der Waals surface area contributed by atoms with Crippen LogP contribution in [0.5, 0.6) is 0 Å². The second kappa shape index (κ2) is 6.69. The van der Waals surface area contributed by atoms with Crippen LogP contribution in [0.4, 0.5) is 5.82 Å². The van der Waals surface area contributed by atoms with Gasteiger partial charge >= 0.3 is 11.7 Å². The number of hydrogen-bond acceptors (Lipinski definition) is 4. The monoisotopic (exact) mass is 374 g/mol. The maximum Gasteiger partial charge on any atom is 0.330 e. The standard InChI is InChI=1S/C20H30N4O3/c1-6-20(17(25)26)11-7-8-12-24(20)15-10-9-14-16(21-15)22(5)18(27)23(14)13-19(2,3)4/h9-10H,6-8,11-13H2,1-5H3,(H,25,26). The van der Waals surface area contributed by atoms with Crippen LogP contribution < -0.4 is 10.6 Å². The Labute approximate surface area is 159 Å². The van der Waals surface area contributed by atoms with Crippen LogP contribution in [-0.4, -0.2) is 37.3 Å². The smallest absolute Gasteiger partial charge is 0.330 e. The summed E-state index contributed by atoms with van der Waals surface area (Å²) >= 11 is 0. The molecule has 0 aliphatic carbocycles. The molecule has 7 heteroatoms. The van der Waals surface area contributed by atoms with Gasteiger partial charge in [0.15, 0.2) is 5.65 Å². The van der Waals surface area contributed by atoms with Crippen molar-refractivity contribution in [3.8, 4) is 0 Å². The van der Waals surface area contributed by atoms with Crippen LogP contribution in [0.2, 0.25) is 0 Å². The Morgan fingerprint density at radius 2 is 2.00 bits per heavy atom. The van der Waals surface area contributed by atoms with Gasteiger partial charge in [-0.25, -0.2) is 14.6 Å². The van der Waals surface area contributed by atoms with Gasteiger partial charge in [-0.2, -0.15) is 0 Å². The summed E-state index contributed by atoms with van der Waals surface area (Å²) in [5.41, 5.74) is 0.331. The maximum atomic E-state index is 12.7. The molecule has 2 aromatic rings. The third kappa shape index (κ3) is 3.24. The average Bonchev–Trinajstić information content (AvgIpc) is 2.84. The van der Waals surface area contributed by atoms with Gasteiger partial charge in [-0.1, -0.05) is 27.7 Å². The van der Waals surface area contributed by atoms with Crippen molar-refractivity contribution >= 4 is 23.0 Å². The van der Waals surface area contributed by atoms with Gasteiger partial charge in [0, 0.05) is 20.1 Å². The van der Waals surface area contributed by atoms with E-state index < -0.39 is 11.5 Å². The van der Waals surface area contributed by atoms with Gasteiger partial charge in [-0.15, -0.1) is 0 Å². The molecule has 2 aromatic heterocycles. The van der Waals surface area contributed by atoms with Crippen molar-refractivity contribution < 1.29 is 9.90 Å². The number of pyridine rings is 1. The van der Waals surface area contributed by atoms with Gasteiger partial charge < -0.3 is 10.0 Å². The lowest BCUT2D eigenvalue weighted by Crippen LogP contribution is -2.57. The fraction of sp³-hybridized carbons (Fsp3) is 0.650. The first-order valence-corrected chi connectivity index (χ1v) is 9.68. The molecular formula is C20H30N4O3. The molecule has 0 radical (unpaired) electrons. The van der Waals surface area contributed by atoms with Gasteiger partial charge in [0.05, 0.1) is 5.52 Å². The van der Waals surface area contributed by atoms with Crippen molar-refractivity contribution in [1.29, 1.82) is 0 Å². The molecule has 1 N–H and O–H groups in total. The number of anilines is 1. The molecule has 1 atom stereocenters. The summed E-state index contributed by atoms with van der Waals surface area (Å²) in [7, 11) is 1.72. The van der Waals surface area contributed by atoms with Gasteiger partial charge in [0.25, 0.3) is 0 Å². The summed E-state index contributed by atoms with van der Waals surface area (Å²) in [4.78, 5) is 31.5. The molecule has 0 bridgehead atoms. The summed E-state index contributed by atoms with van der Waals surface area (Å²) < 4.78 is 3.31. The Balaban J connectivity index is 2.13. The predicted molar refractivity (Wildman–Crippen MR) is 106 cm³/mol. The van der Waals surface area contributed by atoms with Crippen LogP contribution in [0.15, 0.2) is 16.9 Å².